The first kappa shape index (κ1) is 23.1. The van der Waals surface area contributed by atoms with Gasteiger partial charge in [-0.3, -0.25) is 0 Å². The zero-order chi connectivity index (χ0) is 22.8. The number of nitrogens with zero attached hydrogens (tertiary/aromatic N) is 2. The fourth-order valence-electron chi connectivity index (χ4n) is 2.80. The molecular weight excluding hydrogens is 422 g/mol. The number of ether oxygens (including phenoxy) is 2. The lowest BCUT2D eigenvalue weighted by molar-refractivity contribution is 0.0728. The Morgan fingerprint density at radius 2 is 1.84 bits per heavy atom. The van der Waals surface area contributed by atoms with E-state index in [1.54, 1.807) is 36.5 Å². The SMILES string of the molecule is CCOc1cc(C=NN=C(N)SCc2ccccc2)ccc1OC(=O)c1cccc(C)c1. The highest BCUT2D eigenvalue weighted by Gasteiger charge is 2.13. The van der Waals surface area contributed by atoms with Gasteiger partial charge < -0.3 is 15.2 Å². The van der Waals surface area contributed by atoms with Crippen LogP contribution in [-0.2, 0) is 5.75 Å². The second-order valence-electron chi connectivity index (χ2n) is 6.86. The minimum absolute atomic E-state index is 0.344. The Hall–Kier alpha value is -3.58. The number of esters is 1. The van der Waals surface area contributed by atoms with Gasteiger partial charge in [0.1, 0.15) is 0 Å². The Kier molecular flexibility index (Phi) is 8.45. The number of aryl methyl sites for hydroxylation is 1. The Morgan fingerprint density at radius 3 is 2.59 bits per heavy atom. The topological polar surface area (TPSA) is 86.3 Å². The summed E-state index contributed by atoms with van der Waals surface area (Å²) in [5.74, 6) is 1.08. The second kappa shape index (κ2) is 11.7. The van der Waals surface area contributed by atoms with Crippen molar-refractivity contribution >= 4 is 29.1 Å². The van der Waals surface area contributed by atoms with Gasteiger partial charge in [0.15, 0.2) is 16.7 Å². The van der Waals surface area contributed by atoms with Gasteiger partial charge in [0.25, 0.3) is 0 Å². The van der Waals surface area contributed by atoms with Crippen LogP contribution in [-0.4, -0.2) is 24.0 Å². The van der Waals surface area contributed by atoms with Crippen LogP contribution >= 0.6 is 11.8 Å². The van der Waals surface area contributed by atoms with Gasteiger partial charge in [0.2, 0.25) is 0 Å². The number of carbonyl (C=O) groups is 1. The number of thioether (sulfide) groups is 1. The van der Waals surface area contributed by atoms with Gasteiger partial charge in [0.05, 0.1) is 18.4 Å². The van der Waals surface area contributed by atoms with Gasteiger partial charge >= 0.3 is 5.97 Å². The summed E-state index contributed by atoms with van der Waals surface area (Å²) in [6.45, 7) is 4.21. The van der Waals surface area contributed by atoms with Crippen molar-refractivity contribution < 1.29 is 14.3 Å². The average Bonchev–Trinajstić information content (AvgIpc) is 2.80. The molecule has 3 aromatic rings. The van der Waals surface area contributed by atoms with Gasteiger partial charge in [0, 0.05) is 5.75 Å². The molecule has 2 N–H and O–H groups in total. The first-order chi connectivity index (χ1) is 15.5. The molecule has 3 rings (SSSR count). The first-order valence-corrected chi connectivity index (χ1v) is 11.1. The number of hydrogen-bond acceptors (Lipinski definition) is 6. The van der Waals surface area contributed by atoms with Gasteiger partial charge in [-0.1, -0.05) is 59.8 Å². The summed E-state index contributed by atoms with van der Waals surface area (Å²) < 4.78 is 11.2. The fourth-order valence-corrected chi connectivity index (χ4v) is 3.41. The zero-order valence-electron chi connectivity index (χ0n) is 18.0. The molecule has 0 aliphatic carbocycles. The molecule has 0 radical (unpaired) electrons. The van der Waals surface area contributed by atoms with E-state index in [2.05, 4.69) is 10.2 Å². The standard InChI is InChI=1S/C25H25N3O3S/c1-3-30-23-15-20(16-27-28-25(26)32-17-19-9-5-4-6-10-19)12-13-22(23)31-24(29)21-11-7-8-18(2)14-21/h4-16H,3,17H2,1-2H3,(H2,26,28). The van der Waals surface area contributed by atoms with E-state index < -0.39 is 5.97 Å². The van der Waals surface area contributed by atoms with Crippen molar-refractivity contribution in [3.63, 3.8) is 0 Å². The number of rotatable bonds is 8. The number of nitrogens with two attached hydrogens (primary N) is 1. The lowest BCUT2D eigenvalue weighted by Crippen LogP contribution is -2.10. The number of hydrogen-bond donors (Lipinski definition) is 1. The summed E-state index contributed by atoms with van der Waals surface area (Å²) in [6, 6.07) is 22.4. The maximum atomic E-state index is 12.5. The van der Waals surface area contributed by atoms with E-state index in [0.717, 1.165) is 22.4 Å². The molecule has 0 atom stereocenters. The highest BCUT2D eigenvalue weighted by molar-refractivity contribution is 8.13. The Bertz CT molecular complexity index is 1110. The van der Waals surface area contributed by atoms with Crippen LogP contribution in [0.15, 0.2) is 83.0 Å². The Morgan fingerprint density at radius 1 is 1.03 bits per heavy atom. The number of benzene rings is 3. The van der Waals surface area contributed by atoms with Crippen LogP contribution in [0.4, 0.5) is 0 Å². The quantitative estimate of drug-likeness (QED) is 0.169. The highest BCUT2D eigenvalue weighted by Crippen LogP contribution is 2.29. The molecule has 0 aliphatic rings. The molecule has 0 bridgehead atoms. The molecular formula is C25H25N3O3S. The third-order valence-corrected chi connectivity index (χ3v) is 5.17. The molecule has 32 heavy (non-hydrogen) atoms. The lowest BCUT2D eigenvalue weighted by Gasteiger charge is -2.11. The van der Waals surface area contributed by atoms with Crippen molar-refractivity contribution in [2.75, 3.05) is 6.61 Å². The van der Waals surface area contributed by atoms with E-state index in [-0.39, 0.29) is 0 Å². The Labute approximate surface area is 192 Å². The predicted octanol–water partition coefficient (Wildman–Crippen LogP) is 5.19. The third kappa shape index (κ3) is 6.99. The van der Waals surface area contributed by atoms with Gasteiger partial charge in [-0.2, -0.15) is 5.10 Å². The molecule has 3 aromatic carbocycles. The van der Waals surface area contributed by atoms with Gasteiger partial charge in [-0.15, -0.1) is 5.10 Å². The second-order valence-corrected chi connectivity index (χ2v) is 7.85. The van der Waals surface area contributed by atoms with Crippen LogP contribution in [0.5, 0.6) is 11.5 Å². The molecule has 0 aromatic heterocycles. The van der Waals surface area contributed by atoms with Crippen molar-refractivity contribution in [2.24, 2.45) is 15.9 Å². The van der Waals surface area contributed by atoms with E-state index in [0.29, 0.717) is 28.8 Å². The molecule has 164 valence electrons. The van der Waals surface area contributed by atoms with Crippen LogP contribution in [0.3, 0.4) is 0 Å². The smallest absolute Gasteiger partial charge is 0.343 e. The van der Waals surface area contributed by atoms with Crippen molar-refractivity contribution in [3.05, 3.63) is 95.1 Å². The monoisotopic (exact) mass is 447 g/mol. The lowest BCUT2D eigenvalue weighted by atomic mass is 10.1. The number of carbonyl (C=O) groups excluding carboxylic acids is 1. The Balaban J connectivity index is 1.66. The van der Waals surface area contributed by atoms with Crippen molar-refractivity contribution in [2.45, 2.75) is 19.6 Å². The minimum atomic E-state index is -0.441. The zero-order valence-corrected chi connectivity index (χ0v) is 18.8. The molecule has 0 saturated heterocycles. The molecule has 0 fully saturated rings. The molecule has 0 unspecified atom stereocenters. The van der Waals surface area contributed by atoms with E-state index in [4.69, 9.17) is 15.2 Å². The van der Waals surface area contributed by atoms with Crippen molar-refractivity contribution in [1.29, 1.82) is 0 Å². The van der Waals surface area contributed by atoms with Crippen molar-refractivity contribution in [1.82, 2.24) is 0 Å². The van der Waals surface area contributed by atoms with Crippen LogP contribution in [0, 0.1) is 6.92 Å². The van der Waals surface area contributed by atoms with Crippen LogP contribution in [0.25, 0.3) is 0 Å². The highest BCUT2D eigenvalue weighted by atomic mass is 32.2. The first-order valence-electron chi connectivity index (χ1n) is 10.1. The molecule has 0 spiro atoms. The molecule has 7 heteroatoms. The van der Waals surface area contributed by atoms with Gasteiger partial charge in [-0.05, 0) is 55.3 Å². The normalized spacial score (nSPS) is 11.5. The van der Waals surface area contributed by atoms with Crippen LogP contribution < -0.4 is 15.2 Å². The maximum absolute atomic E-state index is 12.5. The van der Waals surface area contributed by atoms with E-state index in [1.807, 2.05) is 56.3 Å². The summed E-state index contributed by atoms with van der Waals surface area (Å²) >= 11 is 1.42. The van der Waals surface area contributed by atoms with Crippen LogP contribution in [0.1, 0.15) is 34.0 Å². The predicted molar refractivity (Wildman–Crippen MR) is 131 cm³/mol. The molecule has 0 aliphatic heterocycles. The summed E-state index contributed by atoms with van der Waals surface area (Å²) in [5, 5.41) is 8.46. The molecule has 0 amide bonds. The molecule has 0 saturated carbocycles. The summed E-state index contributed by atoms with van der Waals surface area (Å²) in [6.07, 6.45) is 1.57. The van der Waals surface area contributed by atoms with E-state index >= 15 is 0 Å². The molecule has 6 nitrogen and oxygen atoms in total. The van der Waals surface area contributed by atoms with Crippen molar-refractivity contribution in [3.8, 4) is 11.5 Å². The summed E-state index contributed by atoms with van der Waals surface area (Å²) in [7, 11) is 0. The van der Waals surface area contributed by atoms with Gasteiger partial charge in [-0.25, -0.2) is 4.79 Å². The van der Waals surface area contributed by atoms with E-state index in [1.165, 1.54) is 11.8 Å². The molecule has 0 heterocycles. The maximum Gasteiger partial charge on any atom is 0.343 e. The average molecular weight is 448 g/mol. The largest absolute Gasteiger partial charge is 0.490 e. The van der Waals surface area contributed by atoms with E-state index in [9.17, 15) is 4.79 Å². The number of amidine groups is 1. The fraction of sp³-hybridized carbons (Fsp3) is 0.160. The summed E-state index contributed by atoms with van der Waals surface area (Å²) in [4.78, 5) is 12.5. The third-order valence-electron chi connectivity index (χ3n) is 4.32. The minimum Gasteiger partial charge on any atom is -0.490 e. The summed E-state index contributed by atoms with van der Waals surface area (Å²) in [5.41, 5.74) is 9.30. The van der Waals surface area contributed by atoms with Crippen LogP contribution in [0.2, 0.25) is 0 Å².